The van der Waals surface area contributed by atoms with Gasteiger partial charge in [-0.15, -0.1) is 0 Å². The normalized spacial score (nSPS) is 10.4. The van der Waals surface area contributed by atoms with Gasteiger partial charge in [-0.1, -0.05) is 29.3 Å². The van der Waals surface area contributed by atoms with Crippen molar-refractivity contribution in [1.82, 2.24) is 0 Å². The smallest absolute Gasteiger partial charge is 0.182 e. The Morgan fingerprint density at radius 1 is 1.10 bits per heavy atom. The molecule has 0 saturated carbocycles. The van der Waals surface area contributed by atoms with Gasteiger partial charge in [0.25, 0.3) is 0 Å². The summed E-state index contributed by atoms with van der Waals surface area (Å²) in [7, 11) is 1.94. The zero-order chi connectivity index (χ0) is 14.7. The lowest BCUT2D eigenvalue weighted by atomic mass is 10.1. The van der Waals surface area contributed by atoms with Crippen LogP contribution >= 0.6 is 11.6 Å². The summed E-state index contributed by atoms with van der Waals surface area (Å²) in [5, 5.41) is 0.643. The number of halogens is 1. The highest BCUT2D eigenvalue weighted by molar-refractivity contribution is 6.30. The molecule has 0 unspecified atom stereocenters. The van der Waals surface area contributed by atoms with Crippen LogP contribution in [-0.4, -0.2) is 19.4 Å². The molecule has 104 valence electrons. The second-order valence-electron chi connectivity index (χ2n) is 5.08. The van der Waals surface area contributed by atoms with Crippen molar-refractivity contribution in [3.63, 3.8) is 0 Å². The third kappa shape index (κ3) is 3.40. The number of hydrogen-bond donors (Lipinski definition) is 0. The molecule has 0 fully saturated rings. The lowest BCUT2D eigenvalue weighted by molar-refractivity contribution is 0.100. The molecular weight excluding hydrogens is 270 g/mol. The van der Waals surface area contributed by atoms with Crippen LogP contribution in [0.4, 0.5) is 5.69 Å². The van der Waals surface area contributed by atoms with Gasteiger partial charge in [-0.3, -0.25) is 4.79 Å². The minimum Gasteiger partial charge on any atom is -0.367 e. The average molecular weight is 288 g/mol. The lowest BCUT2D eigenvalue weighted by Crippen LogP contribution is -2.26. The van der Waals surface area contributed by atoms with E-state index < -0.39 is 0 Å². The number of benzene rings is 2. The third-order valence-electron chi connectivity index (χ3n) is 3.31. The average Bonchev–Trinajstić information content (AvgIpc) is 2.39. The summed E-state index contributed by atoms with van der Waals surface area (Å²) >= 11 is 5.83. The van der Waals surface area contributed by atoms with Gasteiger partial charge in [0.15, 0.2) is 5.78 Å². The fourth-order valence-electron chi connectivity index (χ4n) is 2.26. The first-order chi connectivity index (χ1) is 9.47. The molecule has 0 aliphatic heterocycles. The van der Waals surface area contributed by atoms with Crippen LogP contribution in [0, 0.1) is 13.8 Å². The van der Waals surface area contributed by atoms with Gasteiger partial charge in [0.2, 0.25) is 0 Å². The van der Waals surface area contributed by atoms with E-state index in [4.69, 9.17) is 11.6 Å². The molecule has 20 heavy (non-hydrogen) atoms. The molecule has 0 aromatic heterocycles. The Bertz CT molecular complexity index is 619. The number of Topliss-reactive ketones (excluding diaryl/α,β-unsaturated/α-hetero) is 1. The van der Waals surface area contributed by atoms with E-state index in [0.717, 1.165) is 5.69 Å². The van der Waals surface area contributed by atoms with E-state index in [1.807, 2.05) is 11.9 Å². The highest BCUT2D eigenvalue weighted by atomic mass is 35.5. The Balaban J connectivity index is 2.12. The monoisotopic (exact) mass is 287 g/mol. The topological polar surface area (TPSA) is 20.3 Å². The van der Waals surface area contributed by atoms with Gasteiger partial charge in [-0.2, -0.15) is 0 Å². The number of anilines is 1. The first-order valence-electron chi connectivity index (χ1n) is 6.54. The summed E-state index contributed by atoms with van der Waals surface area (Å²) < 4.78 is 0. The number of carbonyl (C=O) groups is 1. The fourth-order valence-corrected chi connectivity index (χ4v) is 2.39. The maximum Gasteiger partial charge on any atom is 0.182 e. The van der Waals surface area contributed by atoms with E-state index in [0.29, 0.717) is 17.1 Å². The summed E-state index contributed by atoms with van der Waals surface area (Å²) in [6, 6.07) is 13.3. The Morgan fingerprint density at radius 3 is 2.35 bits per heavy atom. The predicted molar refractivity (Wildman–Crippen MR) is 85.0 cm³/mol. The fraction of sp³-hybridized carbons (Fsp3) is 0.235. The number of hydrogen-bond acceptors (Lipinski definition) is 2. The minimum absolute atomic E-state index is 0.0872. The molecule has 0 heterocycles. The molecule has 0 spiro atoms. The van der Waals surface area contributed by atoms with Crippen molar-refractivity contribution in [1.29, 1.82) is 0 Å². The maximum atomic E-state index is 12.2. The van der Waals surface area contributed by atoms with Gasteiger partial charge in [0, 0.05) is 23.3 Å². The van der Waals surface area contributed by atoms with Crippen molar-refractivity contribution in [3.05, 3.63) is 64.2 Å². The number of ketones is 1. The Morgan fingerprint density at radius 2 is 1.75 bits per heavy atom. The van der Waals surface area contributed by atoms with E-state index in [2.05, 4.69) is 32.0 Å². The molecule has 2 rings (SSSR count). The second-order valence-corrected chi connectivity index (χ2v) is 5.51. The second kappa shape index (κ2) is 6.10. The van der Waals surface area contributed by atoms with Crippen LogP contribution in [0.25, 0.3) is 0 Å². The summed E-state index contributed by atoms with van der Waals surface area (Å²) in [5.41, 5.74) is 4.17. The molecule has 0 aliphatic carbocycles. The molecule has 2 aromatic carbocycles. The van der Waals surface area contributed by atoms with Crippen LogP contribution in [0.5, 0.6) is 0 Å². The molecule has 0 amide bonds. The van der Waals surface area contributed by atoms with Gasteiger partial charge in [0.05, 0.1) is 6.54 Å². The van der Waals surface area contributed by atoms with E-state index in [-0.39, 0.29) is 5.78 Å². The SMILES string of the molecule is Cc1ccc(N(C)CC(=O)c2ccc(Cl)cc2)c(C)c1. The van der Waals surface area contributed by atoms with Gasteiger partial charge >= 0.3 is 0 Å². The number of rotatable bonds is 4. The molecule has 0 aliphatic rings. The lowest BCUT2D eigenvalue weighted by Gasteiger charge is -2.21. The maximum absolute atomic E-state index is 12.2. The molecular formula is C17H18ClNO. The molecule has 3 heteroatoms. The highest BCUT2D eigenvalue weighted by Gasteiger charge is 2.11. The first kappa shape index (κ1) is 14.6. The number of likely N-dealkylation sites (N-methyl/N-ethyl adjacent to an activating group) is 1. The molecule has 0 saturated heterocycles. The van der Waals surface area contributed by atoms with Gasteiger partial charge < -0.3 is 4.90 Å². The van der Waals surface area contributed by atoms with E-state index in [1.165, 1.54) is 11.1 Å². The van der Waals surface area contributed by atoms with Gasteiger partial charge in [0.1, 0.15) is 0 Å². The van der Waals surface area contributed by atoms with Gasteiger partial charge in [-0.25, -0.2) is 0 Å². The zero-order valence-corrected chi connectivity index (χ0v) is 12.7. The van der Waals surface area contributed by atoms with Crippen LogP contribution in [0.3, 0.4) is 0 Å². The Labute approximate surface area is 125 Å². The standard InChI is InChI=1S/C17H18ClNO/c1-12-4-9-16(13(2)10-12)19(3)11-17(20)14-5-7-15(18)8-6-14/h4-10H,11H2,1-3H3. The third-order valence-corrected chi connectivity index (χ3v) is 3.56. The van der Waals surface area contributed by atoms with Crippen molar-refractivity contribution in [2.75, 3.05) is 18.5 Å². The minimum atomic E-state index is 0.0872. The van der Waals surface area contributed by atoms with E-state index in [1.54, 1.807) is 24.3 Å². The van der Waals surface area contributed by atoms with E-state index in [9.17, 15) is 4.79 Å². The molecule has 0 N–H and O–H groups in total. The zero-order valence-electron chi connectivity index (χ0n) is 12.0. The van der Waals surface area contributed by atoms with Crippen molar-refractivity contribution >= 4 is 23.1 Å². The summed E-state index contributed by atoms with van der Waals surface area (Å²) in [4.78, 5) is 14.2. The summed E-state index contributed by atoms with van der Waals surface area (Å²) in [6.07, 6.45) is 0. The quantitative estimate of drug-likeness (QED) is 0.783. The van der Waals surface area contributed by atoms with Crippen LogP contribution in [0.1, 0.15) is 21.5 Å². The van der Waals surface area contributed by atoms with Crippen molar-refractivity contribution in [2.45, 2.75) is 13.8 Å². The largest absolute Gasteiger partial charge is 0.367 e. The van der Waals surface area contributed by atoms with Crippen LogP contribution < -0.4 is 4.90 Å². The number of nitrogens with zero attached hydrogens (tertiary/aromatic N) is 1. The van der Waals surface area contributed by atoms with Crippen LogP contribution in [-0.2, 0) is 0 Å². The number of carbonyl (C=O) groups excluding carboxylic acids is 1. The number of aryl methyl sites for hydroxylation is 2. The summed E-state index contributed by atoms with van der Waals surface area (Å²) in [6.45, 7) is 4.48. The first-order valence-corrected chi connectivity index (χ1v) is 6.92. The molecule has 0 radical (unpaired) electrons. The molecule has 2 nitrogen and oxygen atoms in total. The van der Waals surface area contributed by atoms with Crippen LogP contribution in [0.15, 0.2) is 42.5 Å². The predicted octanol–water partition coefficient (Wildman–Crippen LogP) is 4.28. The highest BCUT2D eigenvalue weighted by Crippen LogP contribution is 2.20. The summed E-state index contributed by atoms with van der Waals surface area (Å²) in [5.74, 6) is 0.0872. The molecule has 0 bridgehead atoms. The van der Waals surface area contributed by atoms with Crippen molar-refractivity contribution < 1.29 is 4.79 Å². The van der Waals surface area contributed by atoms with Gasteiger partial charge in [-0.05, 0) is 49.7 Å². The molecule has 0 atom stereocenters. The van der Waals surface area contributed by atoms with Crippen LogP contribution in [0.2, 0.25) is 5.02 Å². The molecule has 2 aromatic rings. The van der Waals surface area contributed by atoms with Crippen molar-refractivity contribution in [2.24, 2.45) is 0 Å². The van der Waals surface area contributed by atoms with E-state index >= 15 is 0 Å². The Hall–Kier alpha value is -1.80. The van der Waals surface area contributed by atoms with Crippen molar-refractivity contribution in [3.8, 4) is 0 Å². The Kier molecular flexibility index (Phi) is 4.46.